The maximum Gasteiger partial charge on any atom is 0.223 e. The molecule has 1 aliphatic rings. The van der Waals surface area contributed by atoms with Gasteiger partial charge in [-0.2, -0.15) is 0 Å². The molecule has 0 radical (unpaired) electrons. The molecule has 0 spiro atoms. The van der Waals surface area contributed by atoms with E-state index in [-0.39, 0.29) is 17.2 Å². The molecule has 0 saturated carbocycles. The summed E-state index contributed by atoms with van der Waals surface area (Å²) in [6, 6.07) is 17.5. The van der Waals surface area contributed by atoms with Crippen molar-refractivity contribution in [3.8, 4) is 0 Å². The van der Waals surface area contributed by atoms with E-state index in [4.69, 9.17) is 0 Å². The van der Waals surface area contributed by atoms with Gasteiger partial charge in [0.05, 0.1) is 0 Å². The molecule has 1 aliphatic carbocycles. The SMILES string of the molecule is Cc1ccc(C2=C(c3ccc(C)cc3)CC(C(=O)NCC(C)(C)C)CC2)cc1. The number of carbonyl (C=O) groups is 1. The molecule has 2 aromatic rings. The summed E-state index contributed by atoms with van der Waals surface area (Å²) >= 11 is 0. The molecule has 3 rings (SSSR count). The molecule has 1 unspecified atom stereocenters. The normalized spacial score (nSPS) is 17.5. The fourth-order valence-corrected chi connectivity index (χ4v) is 3.78. The maximum absolute atomic E-state index is 12.8. The Labute approximate surface area is 170 Å². The number of hydrogen-bond donors (Lipinski definition) is 1. The van der Waals surface area contributed by atoms with E-state index in [0.717, 1.165) is 25.8 Å². The van der Waals surface area contributed by atoms with Crippen molar-refractivity contribution in [1.82, 2.24) is 5.32 Å². The molecule has 0 heterocycles. The first-order valence-electron chi connectivity index (χ1n) is 10.4. The van der Waals surface area contributed by atoms with Crippen LogP contribution in [0.2, 0.25) is 0 Å². The van der Waals surface area contributed by atoms with Crippen molar-refractivity contribution in [2.45, 2.75) is 53.9 Å². The van der Waals surface area contributed by atoms with Gasteiger partial charge in [-0.25, -0.2) is 0 Å². The van der Waals surface area contributed by atoms with Crippen molar-refractivity contribution in [1.29, 1.82) is 0 Å². The van der Waals surface area contributed by atoms with E-state index in [2.05, 4.69) is 88.5 Å². The highest BCUT2D eigenvalue weighted by Gasteiger charge is 2.28. The Morgan fingerprint density at radius 3 is 1.89 bits per heavy atom. The molecule has 1 N–H and O–H groups in total. The van der Waals surface area contributed by atoms with Crippen LogP contribution in [0.25, 0.3) is 11.1 Å². The van der Waals surface area contributed by atoms with Gasteiger partial charge in [0.15, 0.2) is 0 Å². The summed E-state index contributed by atoms with van der Waals surface area (Å²) in [6.45, 7) is 11.4. The molecule has 0 aliphatic heterocycles. The summed E-state index contributed by atoms with van der Waals surface area (Å²) in [5.41, 5.74) is 7.89. The van der Waals surface area contributed by atoms with Gasteiger partial charge >= 0.3 is 0 Å². The smallest absolute Gasteiger partial charge is 0.223 e. The highest BCUT2D eigenvalue weighted by Crippen LogP contribution is 2.41. The first kappa shape index (κ1) is 20.4. The van der Waals surface area contributed by atoms with Gasteiger partial charge in [-0.3, -0.25) is 4.79 Å². The third-order valence-electron chi connectivity index (χ3n) is 5.52. The summed E-state index contributed by atoms with van der Waals surface area (Å²) in [7, 11) is 0. The van der Waals surface area contributed by atoms with Crippen molar-refractivity contribution in [2.24, 2.45) is 11.3 Å². The summed E-state index contributed by atoms with van der Waals surface area (Å²) in [5, 5.41) is 3.17. The fourth-order valence-electron chi connectivity index (χ4n) is 3.78. The van der Waals surface area contributed by atoms with E-state index in [0.29, 0.717) is 0 Å². The largest absolute Gasteiger partial charge is 0.355 e. The number of rotatable bonds is 4. The Morgan fingerprint density at radius 1 is 0.893 bits per heavy atom. The molecule has 2 aromatic carbocycles. The second-order valence-corrected chi connectivity index (χ2v) is 9.41. The van der Waals surface area contributed by atoms with Gasteiger partial charge in [0.2, 0.25) is 5.91 Å². The highest BCUT2D eigenvalue weighted by molar-refractivity contribution is 5.94. The van der Waals surface area contributed by atoms with Crippen LogP contribution in [0.3, 0.4) is 0 Å². The number of hydrogen-bond acceptors (Lipinski definition) is 1. The number of carbonyl (C=O) groups excluding carboxylic acids is 1. The summed E-state index contributed by atoms with van der Waals surface area (Å²) in [6.07, 6.45) is 2.66. The zero-order chi connectivity index (χ0) is 20.3. The Morgan fingerprint density at radius 2 is 1.39 bits per heavy atom. The van der Waals surface area contributed by atoms with Crippen LogP contribution in [0.4, 0.5) is 0 Å². The van der Waals surface area contributed by atoms with Crippen molar-refractivity contribution < 1.29 is 4.79 Å². The molecule has 0 aromatic heterocycles. The van der Waals surface area contributed by atoms with Crippen LogP contribution in [0, 0.1) is 25.2 Å². The van der Waals surface area contributed by atoms with Gasteiger partial charge in [-0.05, 0) is 60.8 Å². The van der Waals surface area contributed by atoms with Gasteiger partial charge in [0, 0.05) is 12.5 Å². The minimum absolute atomic E-state index is 0.0489. The predicted octanol–water partition coefficient (Wildman–Crippen LogP) is 6.18. The van der Waals surface area contributed by atoms with Gasteiger partial charge in [0.1, 0.15) is 0 Å². The summed E-state index contributed by atoms with van der Waals surface area (Å²) in [5.74, 6) is 0.246. The molecule has 28 heavy (non-hydrogen) atoms. The van der Waals surface area contributed by atoms with Crippen molar-refractivity contribution in [3.05, 3.63) is 70.8 Å². The van der Waals surface area contributed by atoms with E-state index in [1.54, 1.807) is 0 Å². The Hall–Kier alpha value is -2.35. The second-order valence-electron chi connectivity index (χ2n) is 9.41. The minimum atomic E-state index is 0.0489. The highest BCUT2D eigenvalue weighted by atomic mass is 16.1. The average molecular weight is 376 g/mol. The van der Waals surface area contributed by atoms with Crippen LogP contribution >= 0.6 is 0 Å². The van der Waals surface area contributed by atoms with Gasteiger partial charge in [-0.1, -0.05) is 80.4 Å². The maximum atomic E-state index is 12.8. The van der Waals surface area contributed by atoms with E-state index < -0.39 is 0 Å². The zero-order valence-electron chi connectivity index (χ0n) is 17.9. The van der Waals surface area contributed by atoms with Crippen LogP contribution < -0.4 is 5.32 Å². The molecule has 0 bridgehead atoms. The first-order valence-corrected chi connectivity index (χ1v) is 10.4. The zero-order valence-corrected chi connectivity index (χ0v) is 17.9. The van der Waals surface area contributed by atoms with E-state index in [1.807, 2.05) is 0 Å². The van der Waals surface area contributed by atoms with Crippen molar-refractivity contribution in [3.63, 3.8) is 0 Å². The monoisotopic (exact) mass is 375 g/mol. The van der Waals surface area contributed by atoms with E-state index in [1.165, 1.54) is 33.4 Å². The Balaban J connectivity index is 1.91. The second kappa shape index (κ2) is 8.34. The molecule has 148 valence electrons. The predicted molar refractivity (Wildman–Crippen MR) is 119 cm³/mol. The lowest BCUT2D eigenvalue weighted by molar-refractivity contribution is -0.125. The molecular formula is C26H33NO. The number of amides is 1. The van der Waals surface area contributed by atoms with Crippen LogP contribution in [-0.2, 0) is 4.79 Å². The molecular weight excluding hydrogens is 342 g/mol. The molecule has 2 heteroatoms. The summed E-state index contributed by atoms with van der Waals surface area (Å²) in [4.78, 5) is 12.8. The van der Waals surface area contributed by atoms with E-state index in [9.17, 15) is 4.79 Å². The number of allylic oxidation sites excluding steroid dienone is 2. The molecule has 1 atom stereocenters. The van der Waals surface area contributed by atoms with Crippen LogP contribution in [0.5, 0.6) is 0 Å². The summed E-state index contributed by atoms with van der Waals surface area (Å²) < 4.78 is 0. The topological polar surface area (TPSA) is 29.1 Å². The quantitative estimate of drug-likeness (QED) is 0.679. The van der Waals surface area contributed by atoms with E-state index >= 15 is 0 Å². The molecule has 1 amide bonds. The van der Waals surface area contributed by atoms with Crippen molar-refractivity contribution in [2.75, 3.05) is 6.54 Å². The van der Waals surface area contributed by atoms with Gasteiger partial charge in [0.25, 0.3) is 0 Å². The van der Waals surface area contributed by atoms with Crippen molar-refractivity contribution >= 4 is 17.1 Å². The van der Waals surface area contributed by atoms with Gasteiger partial charge in [-0.15, -0.1) is 0 Å². The number of benzene rings is 2. The third-order valence-corrected chi connectivity index (χ3v) is 5.52. The lowest BCUT2D eigenvalue weighted by Gasteiger charge is -2.29. The van der Waals surface area contributed by atoms with Crippen LogP contribution in [0.15, 0.2) is 48.5 Å². The van der Waals surface area contributed by atoms with Crippen LogP contribution in [-0.4, -0.2) is 12.5 Å². The Bertz CT molecular complexity index is 851. The molecule has 0 fully saturated rings. The standard InChI is InChI=1S/C26H33NO/c1-18-6-10-20(11-7-18)23-15-14-22(25(28)27-17-26(3,4)5)16-24(23)21-12-8-19(2)9-13-21/h6-13,22H,14-17H2,1-5H3,(H,27,28). The minimum Gasteiger partial charge on any atom is -0.355 e. The lowest BCUT2D eigenvalue weighted by Crippen LogP contribution is -2.37. The first-order chi connectivity index (χ1) is 13.2. The Kier molecular flexibility index (Phi) is 6.07. The third kappa shape index (κ3) is 5.13. The average Bonchev–Trinajstić information content (AvgIpc) is 2.66. The molecule has 0 saturated heterocycles. The fraction of sp³-hybridized carbons (Fsp3) is 0.423. The lowest BCUT2D eigenvalue weighted by atomic mass is 9.78. The molecule has 2 nitrogen and oxygen atoms in total. The number of aryl methyl sites for hydroxylation is 2. The van der Waals surface area contributed by atoms with Crippen LogP contribution in [0.1, 0.15) is 62.3 Å². The number of nitrogens with one attached hydrogen (secondary N) is 1. The van der Waals surface area contributed by atoms with Gasteiger partial charge < -0.3 is 5.32 Å².